The summed E-state index contributed by atoms with van der Waals surface area (Å²) >= 11 is 0. The number of unbranched alkanes of at least 4 members (excludes halogenated alkanes) is 4. The quantitative estimate of drug-likeness (QED) is 0.264. The molecule has 0 atom stereocenters. The van der Waals surface area contributed by atoms with E-state index in [2.05, 4.69) is 11.7 Å². The summed E-state index contributed by atoms with van der Waals surface area (Å²) in [4.78, 5) is 10.9. The molecule has 0 unspecified atom stereocenters. The van der Waals surface area contributed by atoms with Crippen LogP contribution in [0, 0.1) is 0 Å². The Hall–Kier alpha value is -0.690. The van der Waals surface area contributed by atoms with Crippen molar-refractivity contribution in [2.75, 3.05) is 60.0 Å². The van der Waals surface area contributed by atoms with Gasteiger partial charge in [-0.3, -0.25) is 4.79 Å². The van der Waals surface area contributed by atoms with Crippen LogP contribution in [-0.4, -0.2) is 65.9 Å². The first kappa shape index (κ1) is 23.3. The molecule has 0 heterocycles. The molecule has 6 nitrogen and oxygen atoms in total. The molecule has 0 aliphatic heterocycles. The molecular weight excluding hydrogens is 312 g/mol. The zero-order chi connectivity index (χ0) is 17.7. The topological polar surface area (TPSA) is 63.2 Å². The van der Waals surface area contributed by atoms with Gasteiger partial charge in [-0.15, -0.1) is 0 Å². The number of methoxy groups -OCH3 is 1. The van der Waals surface area contributed by atoms with Crippen LogP contribution in [0.4, 0.5) is 0 Å². The van der Waals surface area contributed by atoms with Crippen molar-refractivity contribution in [1.29, 1.82) is 0 Å². The fourth-order valence-corrected chi connectivity index (χ4v) is 1.99. The van der Waals surface area contributed by atoms with Crippen LogP contribution >= 0.6 is 0 Å². The zero-order valence-electron chi connectivity index (χ0n) is 15.6. The average molecular weight is 348 g/mol. The maximum absolute atomic E-state index is 10.9. The predicted octanol–water partition coefficient (Wildman–Crippen LogP) is 2.98. The molecule has 0 radical (unpaired) electrons. The second kappa shape index (κ2) is 20.4. The molecule has 0 saturated carbocycles. The maximum Gasteiger partial charge on any atom is 0.305 e. The van der Waals surface area contributed by atoms with Gasteiger partial charge in [0.15, 0.2) is 0 Å². The molecular formula is C18H36O6. The Bertz CT molecular complexity index is 260. The third-order valence-corrected chi connectivity index (χ3v) is 3.41. The molecule has 0 N–H and O–H groups in total. The van der Waals surface area contributed by atoms with Crippen LogP contribution in [0.2, 0.25) is 0 Å². The van der Waals surface area contributed by atoms with Gasteiger partial charge in [0.05, 0.1) is 46.8 Å². The number of carbonyl (C=O) groups excluding carboxylic acids is 1. The fourth-order valence-electron chi connectivity index (χ4n) is 1.99. The van der Waals surface area contributed by atoms with Crippen LogP contribution in [0.15, 0.2) is 0 Å². The summed E-state index contributed by atoms with van der Waals surface area (Å²) in [6, 6.07) is 0. The van der Waals surface area contributed by atoms with Crippen molar-refractivity contribution in [2.45, 2.75) is 51.9 Å². The predicted molar refractivity (Wildman–Crippen MR) is 93.3 cm³/mol. The Kier molecular flexibility index (Phi) is 19.8. The van der Waals surface area contributed by atoms with E-state index in [9.17, 15) is 4.79 Å². The summed E-state index contributed by atoms with van der Waals surface area (Å²) in [5.41, 5.74) is 0. The van der Waals surface area contributed by atoms with Gasteiger partial charge in [0.25, 0.3) is 0 Å². The van der Waals surface area contributed by atoms with E-state index in [4.69, 9.17) is 18.9 Å². The number of hydrogen-bond donors (Lipinski definition) is 0. The average Bonchev–Trinajstić information content (AvgIpc) is 2.60. The minimum absolute atomic E-state index is 0.201. The van der Waals surface area contributed by atoms with E-state index in [1.54, 1.807) is 0 Å². The fraction of sp³-hybridized carbons (Fsp3) is 0.944. The van der Waals surface area contributed by atoms with Crippen LogP contribution < -0.4 is 0 Å². The Morgan fingerprint density at radius 1 is 0.625 bits per heavy atom. The third kappa shape index (κ3) is 19.4. The second-order valence-corrected chi connectivity index (χ2v) is 5.54. The Balaban J connectivity index is 2.99. The van der Waals surface area contributed by atoms with E-state index >= 15 is 0 Å². The minimum atomic E-state index is -0.201. The highest BCUT2D eigenvalue weighted by Crippen LogP contribution is 2.02. The molecule has 0 aliphatic carbocycles. The lowest BCUT2D eigenvalue weighted by Gasteiger charge is -2.07. The van der Waals surface area contributed by atoms with Gasteiger partial charge in [0.2, 0.25) is 0 Å². The first-order valence-electron chi connectivity index (χ1n) is 9.19. The molecule has 144 valence electrons. The molecule has 0 aromatic heterocycles. The lowest BCUT2D eigenvalue weighted by molar-refractivity contribution is -0.141. The van der Waals surface area contributed by atoms with Gasteiger partial charge in [0, 0.05) is 19.6 Å². The number of ether oxygens (including phenoxy) is 5. The van der Waals surface area contributed by atoms with Gasteiger partial charge in [-0.05, 0) is 12.8 Å². The number of hydrogen-bond acceptors (Lipinski definition) is 6. The molecule has 6 heteroatoms. The van der Waals surface area contributed by atoms with E-state index in [0.717, 1.165) is 13.0 Å². The zero-order valence-corrected chi connectivity index (χ0v) is 15.6. The molecule has 0 rings (SSSR count). The molecule has 0 aliphatic rings. The largest absolute Gasteiger partial charge is 0.469 e. The maximum atomic E-state index is 10.9. The van der Waals surface area contributed by atoms with Crippen molar-refractivity contribution in [2.24, 2.45) is 0 Å². The highest BCUT2D eigenvalue weighted by Gasteiger charge is 1.99. The van der Waals surface area contributed by atoms with Crippen molar-refractivity contribution in [3.63, 3.8) is 0 Å². The van der Waals surface area contributed by atoms with Crippen molar-refractivity contribution < 1.29 is 28.5 Å². The van der Waals surface area contributed by atoms with Gasteiger partial charge < -0.3 is 23.7 Å². The molecule has 24 heavy (non-hydrogen) atoms. The third-order valence-electron chi connectivity index (χ3n) is 3.41. The van der Waals surface area contributed by atoms with E-state index in [-0.39, 0.29) is 5.97 Å². The van der Waals surface area contributed by atoms with Gasteiger partial charge in [-0.25, -0.2) is 0 Å². The number of esters is 1. The van der Waals surface area contributed by atoms with Gasteiger partial charge in [-0.2, -0.15) is 0 Å². The monoisotopic (exact) mass is 348 g/mol. The number of rotatable bonds is 19. The Labute approximate surface area is 147 Å². The summed E-state index contributed by atoms with van der Waals surface area (Å²) in [5, 5.41) is 0. The van der Waals surface area contributed by atoms with E-state index < -0.39 is 0 Å². The highest BCUT2D eigenvalue weighted by atomic mass is 16.6. The van der Waals surface area contributed by atoms with Crippen LogP contribution in [0.25, 0.3) is 0 Å². The summed E-state index contributed by atoms with van der Waals surface area (Å²) in [6.07, 6.45) is 7.37. The second-order valence-electron chi connectivity index (χ2n) is 5.54. The van der Waals surface area contributed by atoms with E-state index in [0.29, 0.717) is 59.1 Å². The smallest absolute Gasteiger partial charge is 0.305 e. The molecule has 0 aromatic carbocycles. The van der Waals surface area contributed by atoms with Crippen molar-refractivity contribution in [3.05, 3.63) is 0 Å². The van der Waals surface area contributed by atoms with Gasteiger partial charge >= 0.3 is 5.97 Å². The lowest BCUT2D eigenvalue weighted by atomic mass is 10.2. The molecule has 0 fully saturated rings. The summed E-state index contributed by atoms with van der Waals surface area (Å²) in [5.74, 6) is -0.201. The molecule has 0 saturated heterocycles. The normalized spacial score (nSPS) is 10.9. The standard InChI is InChI=1S/C18H36O6/c1-3-4-5-6-7-10-21-12-14-23-16-17-24-15-13-22-11-8-9-18(19)20-2/h3-17H2,1-2H3. The van der Waals surface area contributed by atoms with Crippen molar-refractivity contribution in [1.82, 2.24) is 0 Å². The van der Waals surface area contributed by atoms with Gasteiger partial charge in [-0.1, -0.05) is 32.6 Å². The van der Waals surface area contributed by atoms with E-state index in [1.807, 2.05) is 0 Å². The Morgan fingerprint density at radius 2 is 1.08 bits per heavy atom. The lowest BCUT2D eigenvalue weighted by Crippen LogP contribution is -2.12. The summed E-state index contributed by atoms with van der Waals surface area (Å²) in [6.45, 7) is 7.06. The van der Waals surface area contributed by atoms with Gasteiger partial charge in [0.1, 0.15) is 0 Å². The van der Waals surface area contributed by atoms with E-state index in [1.165, 1.54) is 32.8 Å². The molecule has 0 spiro atoms. The van der Waals surface area contributed by atoms with Crippen LogP contribution in [-0.2, 0) is 28.5 Å². The molecule has 0 amide bonds. The van der Waals surface area contributed by atoms with Crippen LogP contribution in [0.1, 0.15) is 51.9 Å². The first-order chi connectivity index (χ1) is 11.8. The SMILES string of the molecule is CCCCCCCOCCOCCOCCOCCCC(=O)OC. The minimum Gasteiger partial charge on any atom is -0.469 e. The summed E-state index contributed by atoms with van der Waals surface area (Å²) < 4.78 is 26.2. The van der Waals surface area contributed by atoms with Crippen LogP contribution in [0.3, 0.4) is 0 Å². The molecule has 0 bridgehead atoms. The van der Waals surface area contributed by atoms with Crippen molar-refractivity contribution in [3.8, 4) is 0 Å². The Morgan fingerprint density at radius 3 is 1.58 bits per heavy atom. The highest BCUT2D eigenvalue weighted by molar-refractivity contribution is 5.68. The molecule has 0 aromatic rings. The van der Waals surface area contributed by atoms with Crippen LogP contribution in [0.5, 0.6) is 0 Å². The summed E-state index contributed by atoms with van der Waals surface area (Å²) in [7, 11) is 1.39. The first-order valence-corrected chi connectivity index (χ1v) is 9.19. The van der Waals surface area contributed by atoms with Crippen molar-refractivity contribution >= 4 is 5.97 Å². The number of carbonyl (C=O) groups is 1.